The third-order valence-electron chi connectivity index (χ3n) is 10.9. The lowest BCUT2D eigenvalue weighted by Crippen LogP contribution is -2.12. The zero-order chi connectivity index (χ0) is 36.3. The Hall–Kier alpha value is -6.94. The SMILES string of the molecule is c1ccc(N(c2cccc(-c3ccc4c(c3)oc3ccccc34)c2)c2cccc(-c3ccc4sc5ccccc5c4c3)c2-c2cccc3ccccc23)cc1. The number of thiophene rings is 1. The van der Waals surface area contributed by atoms with Crippen LogP contribution in [0.25, 0.3) is 86.3 Å². The van der Waals surface area contributed by atoms with Gasteiger partial charge in [0.25, 0.3) is 0 Å². The Morgan fingerprint density at radius 3 is 1.95 bits per heavy atom. The average molecular weight is 720 g/mol. The number of hydrogen-bond donors (Lipinski definition) is 0. The number of hydrogen-bond acceptors (Lipinski definition) is 3. The predicted molar refractivity (Wildman–Crippen MR) is 235 cm³/mol. The van der Waals surface area contributed by atoms with Gasteiger partial charge < -0.3 is 9.32 Å². The van der Waals surface area contributed by atoms with Crippen molar-refractivity contribution in [3.63, 3.8) is 0 Å². The minimum atomic E-state index is 0.894. The van der Waals surface area contributed by atoms with Crippen molar-refractivity contribution in [2.75, 3.05) is 4.90 Å². The van der Waals surface area contributed by atoms with E-state index in [0.29, 0.717) is 0 Å². The molecule has 0 aliphatic heterocycles. The molecule has 0 N–H and O–H groups in total. The number of fused-ring (bicyclic) bond motifs is 7. The van der Waals surface area contributed by atoms with Crippen LogP contribution in [-0.2, 0) is 0 Å². The molecule has 0 atom stereocenters. The van der Waals surface area contributed by atoms with Gasteiger partial charge in [-0.05, 0) is 105 Å². The molecule has 0 spiro atoms. The first kappa shape index (κ1) is 31.6. The smallest absolute Gasteiger partial charge is 0.136 e. The quantitative estimate of drug-likeness (QED) is 0.170. The minimum absolute atomic E-state index is 0.894. The molecular weight excluding hydrogens is 687 g/mol. The van der Waals surface area contributed by atoms with Crippen LogP contribution in [-0.4, -0.2) is 0 Å². The maximum atomic E-state index is 6.32. The summed E-state index contributed by atoms with van der Waals surface area (Å²) >= 11 is 1.86. The highest BCUT2D eigenvalue weighted by molar-refractivity contribution is 7.25. The topological polar surface area (TPSA) is 16.4 Å². The fourth-order valence-corrected chi connectivity index (χ4v) is 9.41. The van der Waals surface area contributed by atoms with E-state index in [4.69, 9.17) is 4.42 Å². The number of anilines is 3. The third-order valence-corrected chi connectivity index (χ3v) is 12.0. The van der Waals surface area contributed by atoms with E-state index in [2.05, 4.69) is 193 Å². The van der Waals surface area contributed by atoms with E-state index in [-0.39, 0.29) is 0 Å². The second kappa shape index (κ2) is 12.9. The van der Waals surface area contributed by atoms with Crippen LogP contribution in [0, 0.1) is 0 Å². The Kier molecular flexibility index (Phi) is 7.39. The summed E-state index contributed by atoms with van der Waals surface area (Å²) in [4.78, 5) is 2.42. The second-order valence-corrected chi connectivity index (χ2v) is 15.1. The van der Waals surface area contributed by atoms with Crippen molar-refractivity contribution in [1.29, 1.82) is 0 Å². The van der Waals surface area contributed by atoms with Crippen molar-refractivity contribution >= 4 is 81.3 Å². The number of nitrogens with zero attached hydrogens (tertiary/aromatic N) is 1. The maximum Gasteiger partial charge on any atom is 0.136 e. The molecule has 258 valence electrons. The highest BCUT2D eigenvalue weighted by atomic mass is 32.1. The molecule has 9 aromatic carbocycles. The lowest BCUT2D eigenvalue weighted by atomic mass is 9.89. The lowest BCUT2D eigenvalue weighted by molar-refractivity contribution is 0.669. The standard InChI is InChI=1S/C52H33NOS/c1-2-16-38(17-3-1)53(39-18-10-15-35(31-39)36-27-29-43-42-20-6-8-25-48(42)54-49(43)33-36)47-24-12-22-41(52(47)45-23-11-14-34-13-4-5-19-40(34)45)37-28-30-51-46(32-37)44-21-7-9-26-50(44)55-51/h1-33H. The summed E-state index contributed by atoms with van der Waals surface area (Å²) in [5.74, 6) is 0. The molecule has 11 aromatic rings. The highest BCUT2D eigenvalue weighted by Gasteiger charge is 2.23. The van der Waals surface area contributed by atoms with Crippen molar-refractivity contribution in [2.24, 2.45) is 0 Å². The first-order valence-electron chi connectivity index (χ1n) is 18.7. The zero-order valence-electron chi connectivity index (χ0n) is 29.8. The molecule has 2 heterocycles. The van der Waals surface area contributed by atoms with Gasteiger partial charge in [-0.3, -0.25) is 0 Å². The predicted octanol–water partition coefficient (Wildman–Crippen LogP) is 15.6. The first-order valence-corrected chi connectivity index (χ1v) is 19.5. The van der Waals surface area contributed by atoms with Crippen molar-refractivity contribution in [3.8, 4) is 33.4 Å². The Balaban J connectivity index is 1.15. The summed E-state index contributed by atoms with van der Waals surface area (Å²) in [7, 11) is 0. The summed E-state index contributed by atoms with van der Waals surface area (Å²) in [5, 5.41) is 7.31. The molecule has 3 heteroatoms. The Labute approximate surface area is 322 Å². The van der Waals surface area contributed by atoms with Gasteiger partial charge in [-0.25, -0.2) is 0 Å². The normalized spacial score (nSPS) is 11.6. The Bertz CT molecular complexity index is 3220. The van der Waals surface area contributed by atoms with E-state index >= 15 is 0 Å². The third kappa shape index (κ3) is 5.32. The Morgan fingerprint density at radius 1 is 0.364 bits per heavy atom. The molecule has 0 aliphatic rings. The highest BCUT2D eigenvalue weighted by Crippen LogP contribution is 2.48. The second-order valence-electron chi connectivity index (χ2n) is 14.1. The van der Waals surface area contributed by atoms with Crippen molar-refractivity contribution < 1.29 is 4.42 Å². The molecule has 2 aromatic heterocycles. The molecule has 0 saturated carbocycles. The van der Waals surface area contributed by atoms with E-state index in [1.165, 1.54) is 53.2 Å². The molecule has 2 nitrogen and oxygen atoms in total. The minimum Gasteiger partial charge on any atom is -0.456 e. The molecular formula is C52H33NOS. The summed E-state index contributed by atoms with van der Waals surface area (Å²) in [5.41, 5.74) is 12.1. The fraction of sp³-hybridized carbons (Fsp3) is 0. The number of furan rings is 1. The van der Waals surface area contributed by atoms with Gasteiger partial charge in [0.05, 0.1) is 5.69 Å². The largest absolute Gasteiger partial charge is 0.456 e. The molecule has 0 unspecified atom stereocenters. The van der Waals surface area contributed by atoms with E-state index in [1.54, 1.807) is 0 Å². The zero-order valence-corrected chi connectivity index (χ0v) is 30.6. The summed E-state index contributed by atoms with van der Waals surface area (Å²) < 4.78 is 8.94. The van der Waals surface area contributed by atoms with Crippen molar-refractivity contribution in [2.45, 2.75) is 0 Å². The first-order chi connectivity index (χ1) is 27.3. The number of benzene rings is 9. The molecule has 0 saturated heterocycles. The van der Waals surface area contributed by atoms with E-state index in [1.807, 2.05) is 23.5 Å². The summed E-state index contributed by atoms with van der Waals surface area (Å²) in [6.07, 6.45) is 0. The van der Waals surface area contributed by atoms with Gasteiger partial charge in [-0.2, -0.15) is 0 Å². The Morgan fingerprint density at radius 2 is 1.02 bits per heavy atom. The van der Waals surface area contributed by atoms with Crippen LogP contribution >= 0.6 is 11.3 Å². The van der Waals surface area contributed by atoms with Gasteiger partial charge in [0.2, 0.25) is 0 Å². The average Bonchev–Trinajstić information content (AvgIpc) is 3.82. The van der Waals surface area contributed by atoms with Gasteiger partial charge in [0.15, 0.2) is 0 Å². The lowest BCUT2D eigenvalue weighted by Gasteiger charge is -2.30. The van der Waals surface area contributed by atoms with Gasteiger partial charge in [-0.1, -0.05) is 133 Å². The van der Waals surface area contributed by atoms with Crippen molar-refractivity contribution in [3.05, 3.63) is 200 Å². The van der Waals surface area contributed by atoms with Crippen molar-refractivity contribution in [1.82, 2.24) is 0 Å². The molecule has 0 aliphatic carbocycles. The molecule has 0 radical (unpaired) electrons. The molecule has 0 bridgehead atoms. The van der Waals surface area contributed by atoms with Crippen LogP contribution in [0.4, 0.5) is 17.1 Å². The number of rotatable bonds is 6. The monoisotopic (exact) mass is 719 g/mol. The van der Waals surface area contributed by atoms with Gasteiger partial charge in [-0.15, -0.1) is 11.3 Å². The molecule has 0 amide bonds. The van der Waals surface area contributed by atoms with Crippen LogP contribution in [0.1, 0.15) is 0 Å². The maximum absolute atomic E-state index is 6.32. The summed E-state index contributed by atoms with van der Waals surface area (Å²) in [6.45, 7) is 0. The van der Waals surface area contributed by atoms with Crippen LogP contribution in [0.5, 0.6) is 0 Å². The molecule has 55 heavy (non-hydrogen) atoms. The van der Waals surface area contributed by atoms with Crippen LogP contribution in [0.2, 0.25) is 0 Å². The molecule has 0 fully saturated rings. The summed E-state index contributed by atoms with van der Waals surface area (Å²) in [6, 6.07) is 72.4. The van der Waals surface area contributed by atoms with Gasteiger partial charge in [0.1, 0.15) is 11.2 Å². The van der Waals surface area contributed by atoms with Crippen LogP contribution < -0.4 is 4.90 Å². The van der Waals surface area contributed by atoms with Gasteiger partial charge >= 0.3 is 0 Å². The van der Waals surface area contributed by atoms with E-state index in [0.717, 1.165) is 50.1 Å². The van der Waals surface area contributed by atoms with Crippen LogP contribution in [0.15, 0.2) is 205 Å². The molecule has 11 rings (SSSR count). The van der Waals surface area contributed by atoms with E-state index < -0.39 is 0 Å². The van der Waals surface area contributed by atoms with Gasteiger partial charge in [0, 0.05) is 47.9 Å². The number of para-hydroxylation sites is 2. The van der Waals surface area contributed by atoms with Crippen LogP contribution in [0.3, 0.4) is 0 Å². The fourth-order valence-electron chi connectivity index (χ4n) is 8.32. The van der Waals surface area contributed by atoms with E-state index in [9.17, 15) is 0 Å².